The molecule has 0 aromatic carbocycles. The van der Waals surface area contributed by atoms with Crippen LogP contribution in [-0.4, -0.2) is 4.98 Å². The van der Waals surface area contributed by atoms with Gasteiger partial charge in [0.05, 0.1) is 0 Å². The fraction of sp³-hybridized carbons (Fsp3) is 0.444. The van der Waals surface area contributed by atoms with E-state index in [1.54, 1.807) is 12.3 Å². The molecule has 11 heavy (non-hydrogen) atoms. The predicted octanol–water partition coefficient (Wildman–Crippen LogP) is 2.57. The topological polar surface area (TPSA) is 32.8 Å². The van der Waals surface area contributed by atoms with Gasteiger partial charge < -0.3 is 0 Å². The number of pyridine rings is 1. The first kappa shape index (κ1) is 8.05. The van der Waals surface area contributed by atoms with Gasteiger partial charge in [-0.1, -0.05) is 13.3 Å². The summed E-state index contributed by atoms with van der Waals surface area (Å²) in [5.41, 5.74) is 0.916. The third-order valence-electron chi connectivity index (χ3n) is 1.57. The van der Waals surface area contributed by atoms with E-state index in [0.29, 0.717) is 0 Å². The summed E-state index contributed by atoms with van der Waals surface area (Å²) in [6, 6.07) is 3.09. The minimum Gasteiger partial charge on any atom is -0.290 e. The first-order chi connectivity index (χ1) is 5.33. The number of unbranched alkanes of at least 4 members (excludes halogenated alkanes) is 1. The Bertz CT molecular complexity index is 223. The Balaban J connectivity index is 2.56. The average Bonchev–Trinajstić information content (AvgIpc) is 2.01. The maximum Gasteiger partial charge on any atom is 0.181 e. The molecule has 1 aromatic rings. The van der Waals surface area contributed by atoms with Crippen molar-refractivity contribution in [3.63, 3.8) is 0 Å². The minimum atomic E-state index is 0.0612. The maximum absolute atomic E-state index is 10.8. The highest BCUT2D eigenvalue weighted by molar-refractivity contribution is 5.20. The van der Waals surface area contributed by atoms with Gasteiger partial charge in [0.25, 0.3) is 0 Å². The van der Waals surface area contributed by atoms with Gasteiger partial charge in [0.1, 0.15) is 0 Å². The molecule has 0 spiro atoms. The van der Waals surface area contributed by atoms with Crippen molar-refractivity contribution >= 4 is 0 Å². The van der Waals surface area contributed by atoms with E-state index in [0.717, 1.165) is 25.0 Å². The molecule has 0 saturated heterocycles. The van der Waals surface area contributed by atoms with Crippen LogP contribution in [0.2, 0.25) is 0 Å². The molecule has 2 heteroatoms. The number of hydrogen-bond acceptors (Lipinski definition) is 1. The third kappa shape index (κ3) is 2.58. The molecule has 0 N–H and O–H groups in total. The summed E-state index contributed by atoms with van der Waals surface area (Å²) in [4.78, 5) is 4.08. The second-order valence-electron chi connectivity index (χ2n) is 2.59. The molecule has 0 amide bonds. The fourth-order valence-electron chi connectivity index (χ4n) is 0.951. The summed E-state index contributed by atoms with van der Waals surface area (Å²) in [5.74, 6) is 0.0612. The van der Waals surface area contributed by atoms with E-state index in [1.807, 2.05) is 0 Å². The van der Waals surface area contributed by atoms with Crippen molar-refractivity contribution in [2.75, 3.05) is 0 Å². The van der Waals surface area contributed by atoms with E-state index in [1.165, 1.54) is 6.07 Å². The van der Waals surface area contributed by atoms with Crippen molar-refractivity contribution in [2.24, 2.45) is 0 Å². The number of hydrogen-bond donors (Lipinski definition) is 0. The van der Waals surface area contributed by atoms with Crippen molar-refractivity contribution in [3.8, 4) is 5.75 Å². The van der Waals surface area contributed by atoms with Crippen LogP contribution >= 0.6 is 0 Å². The molecule has 0 aliphatic carbocycles. The zero-order valence-electron chi connectivity index (χ0n) is 6.71. The van der Waals surface area contributed by atoms with Gasteiger partial charge >= 0.3 is 0 Å². The lowest BCUT2D eigenvalue weighted by Crippen LogP contribution is -1.87. The van der Waals surface area contributed by atoms with E-state index in [9.17, 15) is 5.11 Å². The van der Waals surface area contributed by atoms with Crippen LogP contribution in [0.15, 0.2) is 18.3 Å². The molecule has 0 saturated carbocycles. The van der Waals surface area contributed by atoms with Gasteiger partial charge in [0, 0.05) is 24.0 Å². The minimum absolute atomic E-state index is 0.0612. The smallest absolute Gasteiger partial charge is 0.181 e. The normalized spacial score (nSPS) is 9.91. The van der Waals surface area contributed by atoms with Gasteiger partial charge in [-0.15, -0.1) is 0 Å². The molecular weight excluding hydrogens is 138 g/mol. The summed E-state index contributed by atoms with van der Waals surface area (Å²) >= 11 is 0. The lowest BCUT2D eigenvalue weighted by molar-refractivity contribution is 0.353. The summed E-state index contributed by atoms with van der Waals surface area (Å²) in [7, 11) is 0. The highest BCUT2D eigenvalue weighted by Crippen LogP contribution is 2.10. The van der Waals surface area contributed by atoms with E-state index < -0.39 is 0 Å². The molecule has 1 heterocycles. The maximum atomic E-state index is 10.8. The molecule has 0 bridgehead atoms. The van der Waals surface area contributed by atoms with Crippen LogP contribution in [0.3, 0.4) is 0 Å². The van der Waals surface area contributed by atoms with Crippen molar-refractivity contribution in [1.82, 2.24) is 4.98 Å². The SMILES string of the molecule is CCCCc1cc([O])ccn1. The molecule has 1 aromatic heterocycles. The van der Waals surface area contributed by atoms with Crippen molar-refractivity contribution in [3.05, 3.63) is 24.0 Å². The van der Waals surface area contributed by atoms with Crippen LogP contribution in [0.1, 0.15) is 25.5 Å². The van der Waals surface area contributed by atoms with Crippen LogP contribution in [-0.2, 0) is 11.5 Å². The Morgan fingerprint density at radius 1 is 1.55 bits per heavy atom. The Morgan fingerprint density at radius 3 is 3.00 bits per heavy atom. The van der Waals surface area contributed by atoms with Crippen LogP contribution in [0.5, 0.6) is 5.75 Å². The Labute approximate surface area is 66.9 Å². The molecule has 0 aliphatic rings. The Hall–Kier alpha value is -1.05. The molecule has 0 fully saturated rings. The van der Waals surface area contributed by atoms with Crippen LogP contribution in [0, 0.1) is 0 Å². The van der Waals surface area contributed by atoms with Gasteiger partial charge in [-0.05, 0) is 12.8 Å². The number of rotatable bonds is 3. The first-order valence-corrected chi connectivity index (χ1v) is 3.95. The number of aromatic nitrogens is 1. The van der Waals surface area contributed by atoms with Gasteiger partial charge in [-0.3, -0.25) is 10.1 Å². The highest BCUT2D eigenvalue weighted by atomic mass is 16.3. The highest BCUT2D eigenvalue weighted by Gasteiger charge is 1.95. The summed E-state index contributed by atoms with van der Waals surface area (Å²) in [6.07, 6.45) is 4.75. The van der Waals surface area contributed by atoms with Gasteiger partial charge in [-0.25, -0.2) is 0 Å². The number of aryl methyl sites for hydroxylation is 1. The Morgan fingerprint density at radius 2 is 2.36 bits per heavy atom. The van der Waals surface area contributed by atoms with Gasteiger partial charge in [0.15, 0.2) is 5.75 Å². The first-order valence-electron chi connectivity index (χ1n) is 3.95. The predicted molar refractivity (Wildman–Crippen MR) is 43.0 cm³/mol. The second kappa shape index (κ2) is 3.96. The number of nitrogens with zero attached hydrogens (tertiary/aromatic N) is 1. The fourth-order valence-corrected chi connectivity index (χ4v) is 0.951. The summed E-state index contributed by atoms with van der Waals surface area (Å²) in [5, 5.41) is 10.8. The van der Waals surface area contributed by atoms with Gasteiger partial charge in [0.2, 0.25) is 0 Å². The third-order valence-corrected chi connectivity index (χ3v) is 1.57. The molecule has 1 rings (SSSR count). The van der Waals surface area contributed by atoms with Crippen molar-refractivity contribution in [2.45, 2.75) is 26.2 Å². The van der Waals surface area contributed by atoms with E-state index in [4.69, 9.17) is 0 Å². The molecule has 1 radical (unpaired) electrons. The van der Waals surface area contributed by atoms with E-state index in [2.05, 4.69) is 11.9 Å². The summed E-state index contributed by atoms with van der Waals surface area (Å²) < 4.78 is 0. The molecule has 0 aliphatic heterocycles. The lowest BCUT2D eigenvalue weighted by atomic mass is 10.2. The second-order valence-corrected chi connectivity index (χ2v) is 2.59. The lowest BCUT2D eigenvalue weighted by Gasteiger charge is -1.96. The van der Waals surface area contributed by atoms with E-state index >= 15 is 0 Å². The van der Waals surface area contributed by atoms with Crippen LogP contribution in [0.25, 0.3) is 0 Å². The monoisotopic (exact) mass is 150 g/mol. The van der Waals surface area contributed by atoms with Gasteiger partial charge in [-0.2, -0.15) is 0 Å². The zero-order valence-corrected chi connectivity index (χ0v) is 6.71. The van der Waals surface area contributed by atoms with E-state index in [-0.39, 0.29) is 5.75 Å². The van der Waals surface area contributed by atoms with Crippen molar-refractivity contribution in [1.29, 1.82) is 0 Å². The quantitative estimate of drug-likeness (QED) is 0.651. The molecule has 2 nitrogen and oxygen atoms in total. The molecule has 59 valence electrons. The van der Waals surface area contributed by atoms with Crippen LogP contribution in [0.4, 0.5) is 0 Å². The van der Waals surface area contributed by atoms with Crippen molar-refractivity contribution < 1.29 is 5.11 Å². The van der Waals surface area contributed by atoms with Crippen LogP contribution < -0.4 is 0 Å². The summed E-state index contributed by atoms with van der Waals surface area (Å²) in [6.45, 7) is 2.13. The molecule has 0 atom stereocenters. The molecular formula is C9H12NO. The Kier molecular flexibility index (Phi) is 2.90. The largest absolute Gasteiger partial charge is 0.290 e. The zero-order chi connectivity index (χ0) is 8.10. The standard InChI is InChI=1S/C9H12NO/c1-2-3-4-8-7-9(11)5-6-10-8/h5-7H,2-4H2,1H3. The molecule has 0 unspecified atom stereocenters. The average molecular weight is 150 g/mol.